The van der Waals surface area contributed by atoms with Crippen LogP contribution >= 0.6 is 0 Å². The van der Waals surface area contributed by atoms with Crippen LogP contribution in [0.5, 0.6) is 0 Å². The highest BCUT2D eigenvalue weighted by Gasteiger charge is 2.51. The molecule has 0 radical (unpaired) electrons. The molecular weight excluding hydrogens is 333 g/mol. The van der Waals surface area contributed by atoms with Gasteiger partial charge in [-0.25, -0.2) is 13.2 Å². The van der Waals surface area contributed by atoms with E-state index in [0.717, 1.165) is 28.7 Å². The predicted molar refractivity (Wildman–Crippen MR) is 82.6 cm³/mol. The van der Waals surface area contributed by atoms with Gasteiger partial charge in [0.25, 0.3) is 12.3 Å². The monoisotopic (exact) mass is 348 g/mol. The normalized spacial score (nSPS) is 15.8. The Morgan fingerprint density at radius 3 is 2.60 bits per heavy atom. The van der Waals surface area contributed by atoms with Gasteiger partial charge in [-0.3, -0.25) is 4.68 Å². The smallest absolute Gasteiger partial charge is 0.280 e. The molecule has 1 aliphatic carbocycles. The molecule has 0 unspecified atom stereocenters. The molecule has 0 amide bonds. The minimum Gasteiger partial charge on any atom is -0.418 e. The number of hydrogen-bond donors (Lipinski definition) is 0. The molecule has 0 saturated heterocycles. The average Bonchev–Trinajstić information content (AvgIpc) is 3.03. The maximum Gasteiger partial charge on any atom is 0.280 e. The molecule has 0 aliphatic heterocycles. The third-order valence-electron chi connectivity index (χ3n) is 4.66. The van der Waals surface area contributed by atoms with Gasteiger partial charge in [0, 0.05) is 7.05 Å². The SMILES string of the molecule is Cc1ccc(F)cc1C1(c2nnc(-c3cc(C(F)F)n(C)n3)o2)CC1. The lowest BCUT2D eigenvalue weighted by molar-refractivity contribution is 0.141. The Kier molecular flexibility index (Phi) is 3.45. The number of rotatable bonds is 4. The fourth-order valence-corrected chi connectivity index (χ4v) is 3.14. The summed E-state index contributed by atoms with van der Waals surface area (Å²) in [4.78, 5) is 0. The summed E-state index contributed by atoms with van der Waals surface area (Å²) in [6, 6.07) is 5.85. The van der Waals surface area contributed by atoms with Crippen molar-refractivity contribution in [3.8, 4) is 11.6 Å². The summed E-state index contributed by atoms with van der Waals surface area (Å²) in [6.45, 7) is 1.90. The van der Waals surface area contributed by atoms with Crippen molar-refractivity contribution in [3.63, 3.8) is 0 Å². The van der Waals surface area contributed by atoms with Gasteiger partial charge in [0.2, 0.25) is 5.89 Å². The van der Waals surface area contributed by atoms with E-state index < -0.39 is 11.8 Å². The Hall–Kier alpha value is -2.64. The van der Waals surface area contributed by atoms with E-state index in [0.29, 0.717) is 5.89 Å². The highest BCUT2D eigenvalue weighted by molar-refractivity contribution is 5.49. The van der Waals surface area contributed by atoms with E-state index in [2.05, 4.69) is 15.3 Å². The molecule has 0 bridgehead atoms. The van der Waals surface area contributed by atoms with E-state index in [1.54, 1.807) is 6.07 Å². The summed E-state index contributed by atoms with van der Waals surface area (Å²) in [5, 5.41) is 12.0. The minimum atomic E-state index is -2.64. The molecule has 2 aromatic heterocycles. The zero-order chi connectivity index (χ0) is 17.8. The number of alkyl halides is 2. The lowest BCUT2D eigenvalue weighted by atomic mass is 9.91. The van der Waals surface area contributed by atoms with Gasteiger partial charge in [-0.15, -0.1) is 10.2 Å². The second kappa shape index (κ2) is 5.44. The zero-order valence-corrected chi connectivity index (χ0v) is 13.6. The fraction of sp³-hybridized carbons (Fsp3) is 0.353. The Bertz CT molecular complexity index is 943. The summed E-state index contributed by atoms with van der Waals surface area (Å²) >= 11 is 0. The number of nitrogens with zero attached hydrogens (tertiary/aromatic N) is 4. The van der Waals surface area contributed by atoms with Gasteiger partial charge >= 0.3 is 0 Å². The molecule has 25 heavy (non-hydrogen) atoms. The van der Waals surface area contributed by atoms with Crippen LogP contribution in [0.4, 0.5) is 13.2 Å². The molecule has 0 atom stereocenters. The van der Waals surface area contributed by atoms with Crippen LogP contribution in [0.3, 0.4) is 0 Å². The third kappa shape index (κ3) is 2.52. The van der Waals surface area contributed by atoms with Crippen molar-refractivity contribution in [3.05, 3.63) is 52.8 Å². The van der Waals surface area contributed by atoms with Gasteiger partial charge in [0.1, 0.15) is 17.2 Å². The van der Waals surface area contributed by atoms with Crippen LogP contribution < -0.4 is 0 Å². The Labute approximate surface area is 141 Å². The van der Waals surface area contributed by atoms with Crippen LogP contribution in [0.25, 0.3) is 11.6 Å². The summed E-state index contributed by atoms with van der Waals surface area (Å²) in [7, 11) is 1.43. The molecule has 1 fully saturated rings. The van der Waals surface area contributed by atoms with Crippen LogP contribution in [0.2, 0.25) is 0 Å². The van der Waals surface area contributed by atoms with Crippen LogP contribution in [0.15, 0.2) is 28.7 Å². The van der Waals surface area contributed by atoms with Gasteiger partial charge in [-0.1, -0.05) is 6.07 Å². The molecule has 3 aromatic rings. The van der Waals surface area contributed by atoms with Crippen molar-refractivity contribution >= 4 is 0 Å². The third-order valence-corrected chi connectivity index (χ3v) is 4.66. The van der Waals surface area contributed by atoms with Gasteiger partial charge in [0.05, 0.1) is 5.41 Å². The van der Waals surface area contributed by atoms with Crippen LogP contribution in [0, 0.1) is 12.7 Å². The largest absolute Gasteiger partial charge is 0.418 e. The Morgan fingerprint density at radius 2 is 1.96 bits per heavy atom. The number of benzene rings is 1. The Balaban J connectivity index is 1.72. The van der Waals surface area contributed by atoms with Gasteiger partial charge in [-0.2, -0.15) is 5.10 Å². The fourth-order valence-electron chi connectivity index (χ4n) is 3.14. The summed E-state index contributed by atoms with van der Waals surface area (Å²) < 4.78 is 46.3. The molecule has 1 aliphatic rings. The molecule has 1 saturated carbocycles. The standard InChI is InChI=1S/C17H15F3N4O/c1-9-3-4-10(18)7-11(9)17(5-6-17)16-22-21-15(25-16)12-8-13(14(19)20)24(2)23-12/h3-4,7-8,14H,5-6H2,1-2H3. The predicted octanol–water partition coefficient (Wildman–Crippen LogP) is 3.94. The first-order chi connectivity index (χ1) is 11.9. The van der Waals surface area contributed by atoms with Crippen molar-refractivity contribution in [1.29, 1.82) is 0 Å². The number of aromatic nitrogens is 4. The van der Waals surface area contributed by atoms with Crippen LogP contribution in [0.1, 0.15) is 42.0 Å². The van der Waals surface area contributed by atoms with Crippen LogP contribution in [-0.4, -0.2) is 20.0 Å². The molecule has 130 valence electrons. The lowest BCUT2D eigenvalue weighted by Gasteiger charge is -2.14. The van der Waals surface area contributed by atoms with E-state index in [4.69, 9.17) is 4.42 Å². The van der Waals surface area contributed by atoms with E-state index >= 15 is 0 Å². The molecule has 1 aromatic carbocycles. The van der Waals surface area contributed by atoms with Crippen molar-refractivity contribution in [1.82, 2.24) is 20.0 Å². The Morgan fingerprint density at radius 1 is 1.20 bits per heavy atom. The highest BCUT2D eigenvalue weighted by Crippen LogP contribution is 2.54. The molecule has 2 heterocycles. The van der Waals surface area contributed by atoms with Crippen molar-refractivity contribution in [2.75, 3.05) is 0 Å². The lowest BCUT2D eigenvalue weighted by Crippen LogP contribution is -2.11. The molecule has 4 rings (SSSR count). The maximum atomic E-state index is 13.7. The second-order valence-electron chi connectivity index (χ2n) is 6.33. The van der Waals surface area contributed by atoms with Crippen LogP contribution in [-0.2, 0) is 12.5 Å². The van der Waals surface area contributed by atoms with Gasteiger partial charge in [0.15, 0.2) is 0 Å². The first kappa shape index (κ1) is 15.9. The van der Waals surface area contributed by atoms with Gasteiger partial charge < -0.3 is 4.42 Å². The van der Waals surface area contributed by atoms with Crippen molar-refractivity contribution in [2.24, 2.45) is 7.05 Å². The van der Waals surface area contributed by atoms with Gasteiger partial charge in [-0.05, 0) is 49.1 Å². The number of hydrogen-bond acceptors (Lipinski definition) is 4. The molecule has 0 spiro atoms. The number of aryl methyl sites for hydroxylation is 2. The molecule has 8 heteroatoms. The van der Waals surface area contributed by atoms with E-state index in [1.165, 1.54) is 25.2 Å². The topological polar surface area (TPSA) is 56.7 Å². The number of halogens is 3. The van der Waals surface area contributed by atoms with Crippen molar-refractivity contribution < 1.29 is 17.6 Å². The van der Waals surface area contributed by atoms with E-state index in [1.807, 2.05) is 6.92 Å². The maximum absolute atomic E-state index is 13.7. The minimum absolute atomic E-state index is 0.0813. The summed E-state index contributed by atoms with van der Waals surface area (Å²) in [5.74, 6) is 0.121. The first-order valence-electron chi connectivity index (χ1n) is 7.84. The van der Waals surface area contributed by atoms with Crippen molar-refractivity contribution in [2.45, 2.75) is 31.6 Å². The molecular formula is C17H15F3N4O. The summed E-state index contributed by atoms with van der Waals surface area (Å²) in [6.07, 6.45) is -1.11. The molecule has 5 nitrogen and oxygen atoms in total. The quantitative estimate of drug-likeness (QED) is 0.717. The van der Waals surface area contributed by atoms with E-state index in [-0.39, 0.29) is 23.1 Å². The zero-order valence-electron chi connectivity index (χ0n) is 13.6. The summed E-state index contributed by atoms with van der Waals surface area (Å²) in [5.41, 5.74) is 1.23. The second-order valence-corrected chi connectivity index (χ2v) is 6.33. The average molecular weight is 348 g/mol. The first-order valence-corrected chi connectivity index (χ1v) is 7.84. The van der Waals surface area contributed by atoms with E-state index in [9.17, 15) is 13.2 Å². The molecule has 0 N–H and O–H groups in total. The highest BCUT2D eigenvalue weighted by atomic mass is 19.3.